The van der Waals surface area contributed by atoms with Gasteiger partial charge in [-0.05, 0) is 55.5 Å². The molecule has 1 saturated heterocycles. The molecule has 2 heterocycles. The van der Waals surface area contributed by atoms with Gasteiger partial charge in [-0.15, -0.1) is 0 Å². The van der Waals surface area contributed by atoms with Crippen molar-refractivity contribution in [3.63, 3.8) is 0 Å². The van der Waals surface area contributed by atoms with Gasteiger partial charge in [0.2, 0.25) is 11.9 Å². The SMILES string of the molecule is Cc1ccc(C2(c3ccc(OCc4ccnc(N5CCCC5=O)n4)cc3)CCC2)cc1. The maximum atomic E-state index is 11.9. The fourth-order valence-electron chi connectivity index (χ4n) is 4.63. The zero-order chi connectivity index (χ0) is 21.3. The van der Waals surface area contributed by atoms with Gasteiger partial charge in [-0.25, -0.2) is 9.97 Å². The Morgan fingerprint density at radius 3 is 2.29 bits per heavy atom. The molecule has 2 aromatic carbocycles. The first kappa shape index (κ1) is 19.7. The molecule has 5 heteroatoms. The maximum absolute atomic E-state index is 11.9. The van der Waals surface area contributed by atoms with Gasteiger partial charge >= 0.3 is 0 Å². The van der Waals surface area contributed by atoms with Crippen LogP contribution < -0.4 is 9.64 Å². The van der Waals surface area contributed by atoms with Crippen LogP contribution in [0.1, 0.15) is 54.5 Å². The number of aromatic nitrogens is 2. The third kappa shape index (κ3) is 3.80. The van der Waals surface area contributed by atoms with Gasteiger partial charge in [-0.3, -0.25) is 9.69 Å². The highest BCUT2D eigenvalue weighted by Crippen LogP contribution is 2.49. The van der Waals surface area contributed by atoms with Crippen LogP contribution in [-0.4, -0.2) is 22.4 Å². The normalized spacial score (nSPS) is 17.5. The Bertz CT molecular complexity index is 1070. The van der Waals surface area contributed by atoms with Crippen LogP contribution in [0, 0.1) is 6.92 Å². The van der Waals surface area contributed by atoms with Gasteiger partial charge in [0, 0.05) is 24.6 Å². The fraction of sp³-hybridized carbons (Fsp3) is 0.346. The van der Waals surface area contributed by atoms with E-state index < -0.39 is 0 Å². The predicted molar refractivity (Wildman–Crippen MR) is 120 cm³/mol. The number of amides is 1. The monoisotopic (exact) mass is 413 g/mol. The summed E-state index contributed by atoms with van der Waals surface area (Å²) in [6.07, 6.45) is 6.77. The highest BCUT2D eigenvalue weighted by molar-refractivity contribution is 5.93. The molecule has 1 saturated carbocycles. The van der Waals surface area contributed by atoms with E-state index >= 15 is 0 Å². The zero-order valence-electron chi connectivity index (χ0n) is 17.9. The van der Waals surface area contributed by atoms with Crippen LogP contribution >= 0.6 is 0 Å². The fourth-order valence-corrected chi connectivity index (χ4v) is 4.63. The third-order valence-electron chi connectivity index (χ3n) is 6.62. The van der Waals surface area contributed by atoms with Crippen LogP contribution in [0.25, 0.3) is 0 Å². The number of ether oxygens (including phenoxy) is 1. The molecule has 31 heavy (non-hydrogen) atoms. The summed E-state index contributed by atoms with van der Waals surface area (Å²) in [7, 11) is 0. The summed E-state index contributed by atoms with van der Waals surface area (Å²) in [5.74, 6) is 1.38. The summed E-state index contributed by atoms with van der Waals surface area (Å²) < 4.78 is 5.98. The minimum Gasteiger partial charge on any atom is -0.487 e. The molecule has 0 bridgehead atoms. The van der Waals surface area contributed by atoms with Gasteiger partial charge in [0.15, 0.2) is 0 Å². The Balaban J connectivity index is 1.28. The van der Waals surface area contributed by atoms with Crippen molar-refractivity contribution >= 4 is 11.9 Å². The Hall–Kier alpha value is -3.21. The second-order valence-electron chi connectivity index (χ2n) is 8.61. The van der Waals surface area contributed by atoms with E-state index in [9.17, 15) is 4.79 Å². The van der Waals surface area contributed by atoms with Gasteiger partial charge in [0.05, 0.1) is 5.69 Å². The lowest BCUT2D eigenvalue weighted by Gasteiger charge is -2.43. The first-order valence-electron chi connectivity index (χ1n) is 11.1. The molecule has 0 atom stereocenters. The number of nitrogens with zero attached hydrogens (tertiary/aromatic N) is 3. The van der Waals surface area contributed by atoms with Crippen molar-refractivity contribution in [1.82, 2.24) is 9.97 Å². The first-order valence-corrected chi connectivity index (χ1v) is 11.1. The van der Waals surface area contributed by atoms with Gasteiger partial charge in [-0.1, -0.05) is 48.4 Å². The molecule has 3 aromatic rings. The van der Waals surface area contributed by atoms with E-state index in [2.05, 4.69) is 65.4 Å². The van der Waals surface area contributed by atoms with E-state index in [0.29, 0.717) is 25.5 Å². The van der Waals surface area contributed by atoms with Crippen LogP contribution in [-0.2, 0) is 16.8 Å². The topological polar surface area (TPSA) is 55.3 Å². The average Bonchev–Trinajstić information content (AvgIpc) is 3.20. The number of aryl methyl sites for hydroxylation is 1. The third-order valence-corrected chi connectivity index (χ3v) is 6.62. The van der Waals surface area contributed by atoms with Crippen molar-refractivity contribution in [3.05, 3.63) is 83.2 Å². The smallest absolute Gasteiger partial charge is 0.232 e. The molecule has 158 valence electrons. The molecule has 1 aliphatic heterocycles. The van der Waals surface area contributed by atoms with Crippen molar-refractivity contribution in [3.8, 4) is 5.75 Å². The standard InChI is InChI=1S/C26H27N3O2/c1-19-5-7-20(8-6-19)26(14-3-15-26)21-9-11-23(12-10-21)31-18-22-13-16-27-25(28-22)29-17-2-4-24(29)30/h5-13,16H,2-4,14-15,17-18H2,1H3. The maximum Gasteiger partial charge on any atom is 0.232 e. The lowest BCUT2D eigenvalue weighted by Crippen LogP contribution is -2.35. The molecular weight excluding hydrogens is 386 g/mol. The van der Waals surface area contributed by atoms with Crippen molar-refractivity contribution in [2.24, 2.45) is 0 Å². The Labute approximate surface area is 183 Å². The van der Waals surface area contributed by atoms with E-state index in [1.807, 2.05) is 6.07 Å². The van der Waals surface area contributed by atoms with Crippen LogP contribution in [0.15, 0.2) is 60.8 Å². The summed E-state index contributed by atoms with van der Waals surface area (Å²) in [5.41, 5.74) is 4.96. The highest BCUT2D eigenvalue weighted by Gasteiger charge is 2.40. The largest absolute Gasteiger partial charge is 0.487 e. The summed E-state index contributed by atoms with van der Waals surface area (Å²) in [6, 6.07) is 19.3. The van der Waals surface area contributed by atoms with Crippen LogP contribution in [0.4, 0.5) is 5.95 Å². The van der Waals surface area contributed by atoms with Crippen molar-refractivity contribution in [1.29, 1.82) is 0 Å². The van der Waals surface area contributed by atoms with Crippen LogP contribution in [0.2, 0.25) is 0 Å². The Morgan fingerprint density at radius 1 is 0.968 bits per heavy atom. The molecule has 1 aliphatic carbocycles. The molecule has 5 rings (SSSR count). The summed E-state index contributed by atoms with van der Waals surface area (Å²) in [4.78, 5) is 22.4. The molecule has 0 unspecified atom stereocenters. The molecule has 1 amide bonds. The molecule has 2 fully saturated rings. The molecule has 0 radical (unpaired) electrons. The summed E-state index contributed by atoms with van der Waals surface area (Å²) in [5, 5.41) is 0. The molecule has 1 aromatic heterocycles. The highest BCUT2D eigenvalue weighted by atomic mass is 16.5. The second kappa shape index (κ2) is 8.14. The molecule has 0 spiro atoms. The van der Waals surface area contributed by atoms with Gasteiger partial charge in [0.1, 0.15) is 12.4 Å². The average molecular weight is 414 g/mol. The number of hydrogen-bond donors (Lipinski definition) is 0. The molecule has 2 aliphatic rings. The van der Waals surface area contributed by atoms with E-state index in [4.69, 9.17) is 4.74 Å². The van der Waals surface area contributed by atoms with E-state index in [1.165, 1.54) is 36.0 Å². The van der Waals surface area contributed by atoms with Gasteiger partial charge < -0.3 is 4.74 Å². The van der Waals surface area contributed by atoms with E-state index in [-0.39, 0.29) is 11.3 Å². The van der Waals surface area contributed by atoms with Crippen LogP contribution in [0.3, 0.4) is 0 Å². The number of carbonyl (C=O) groups excluding carboxylic acids is 1. The Morgan fingerprint density at radius 2 is 1.68 bits per heavy atom. The van der Waals surface area contributed by atoms with Crippen molar-refractivity contribution in [2.45, 2.75) is 51.0 Å². The Kier molecular flexibility index (Phi) is 5.18. The molecule has 0 N–H and O–H groups in total. The first-order chi connectivity index (χ1) is 15.1. The number of benzene rings is 2. The van der Waals surface area contributed by atoms with Crippen LogP contribution in [0.5, 0.6) is 5.75 Å². The van der Waals surface area contributed by atoms with E-state index in [0.717, 1.165) is 17.9 Å². The molecular formula is C26H27N3O2. The summed E-state index contributed by atoms with van der Waals surface area (Å²) >= 11 is 0. The minimum atomic E-state index is 0.0900. The van der Waals surface area contributed by atoms with E-state index in [1.54, 1.807) is 11.1 Å². The van der Waals surface area contributed by atoms with Gasteiger partial charge in [0.25, 0.3) is 0 Å². The van der Waals surface area contributed by atoms with Crippen molar-refractivity contribution < 1.29 is 9.53 Å². The quantitative estimate of drug-likeness (QED) is 0.573. The van der Waals surface area contributed by atoms with Crippen molar-refractivity contribution in [2.75, 3.05) is 11.4 Å². The second-order valence-corrected chi connectivity index (χ2v) is 8.61. The predicted octanol–water partition coefficient (Wildman–Crippen LogP) is 4.96. The van der Waals surface area contributed by atoms with Gasteiger partial charge in [-0.2, -0.15) is 0 Å². The summed E-state index contributed by atoms with van der Waals surface area (Å²) in [6.45, 7) is 3.17. The number of anilines is 1. The zero-order valence-corrected chi connectivity index (χ0v) is 17.9. The number of hydrogen-bond acceptors (Lipinski definition) is 4. The lowest BCUT2D eigenvalue weighted by molar-refractivity contribution is -0.117. The number of rotatable bonds is 6. The number of carbonyl (C=O) groups is 1. The lowest BCUT2D eigenvalue weighted by atomic mass is 9.60. The molecule has 5 nitrogen and oxygen atoms in total. The minimum absolute atomic E-state index is 0.0900.